The van der Waals surface area contributed by atoms with Gasteiger partial charge in [0.15, 0.2) is 11.6 Å². The number of aromatic hydroxyl groups is 1. The van der Waals surface area contributed by atoms with Gasteiger partial charge in [-0.05, 0) is 30.5 Å². The summed E-state index contributed by atoms with van der Waals surface area (Å²) >= 11 is 0. The van der Waals surface area contributed by atoms with E-state index in [0.29, 0.717) is 5.56 Å². The molecule has 0 saturated carbocycles. The van der Waals surface area contributed by atoms with Crippen molar-refractivity contribution in [3.05, 3.63) is 29.6 Å². The second-order valence-electron chi connectivity index (χ2n) is 5.33. The first-order valence-corrected chi connectivity index (χ1v) is 6.44. The molecule has 0 fully saturated rings. The van der Waals surface area contributed by atoms with E-state index >= 15 is 0 Å². The van der Waals surface area contributed by atoms with Gasteiger partial charge in [0.25, 0.3) is 0 Å². The number of halogens is 1. The molecule has 1 rings (SSSR count). The van der Waals surface area contributed by atoms with Gasteiger partial charge in [0.05, 0.1) is 5.60 Å². The highest BCUT2D eigenvalue weighted by molar-refractivity contribution is 5.73. The monoisotopic (exact) mass is 284 g/mol. The van der Waals surface area contributed by atoms with Gasteiger partial charge in [0.1, 0.15) is 0 Å². The Balaban J connectivity index is 2.42. The van der Waals surface area contributed by atoms with E-state index < -0.39 is 23.2 Å². The van der Waals surface area contributed by atoms with Crippen molar-refractivity contribution in [3.63, 3.8) is 0 Å². The van der Waals surface area contributed by atoms with Crippen molar-refractivity contribution in [3.8, 4) is 5.75 Å². The minimum Gasteiger partial charge on any atom is -0.505 e. The summed E-state index contributed by atoms with van der Waals surface area (Å²) in [6.07, 6.45) is 0. The Hall–Kier alpha value is -1.82. The summed E-state index contributed by atoms with van der Waals surface area (Å²) in [5.74, 6) is -1.15. The maximum atomic E-state index is 13.1. The molecule has 0 aliphatic rings. The highest BCUT2D eigenvalue weighted by atomic mass is 19.1. The third kappa shape index (κ3) is 4.70. The standard InChI is InChI=1S/C14H21FN2O3/c1-9(2)14(3,20)8-17-13(19)16-7-10-4-5-12(18)11(15)6-10/h4-6,9,18,20H,7-8H2,1-3H3,(H2,16,17,19). The van der Waals surface area contributed by atoms with Crippen molar-refractivity contribution in [1.82, 2.24) is 10.6 Å². The molecule has 1 aromatic rings. The predicted octanol–water partition coefficient (Wildman–Crippen LogP) is 1.74. The highest BCUT2D eigenvalue weighted by Crippen LogP contribution is 2.16. The van der Waals surface area contributed by atoms with Crippen LogP contribution in [0.2, 0.25) is 0 Å². The van der Waals surface area contributed by atoms with E-state index in [0.717, 1.165) is 6.07 Å². The van der Waals surface area contributed by atoms with Crippen molar-refractivity contribution in [2.45, 2.75) is 32.9 Å². The molecule has 0 spiro atoms. The summed E-state index contributed by atoms with van der Waals surface area (Å²) in [5, 5.41) is 24.1. The molecular weight excluding hydrogens is 263 g/mol. The zero-order valence-corrected chi connectivity index (χ0v) is 11.9. The number of hydrogen-bond donors (Lipinski definition) is 4. The largest absolute Gasteiger partial charge is 0.505 e. The second-order valence-corrected chi connectivity index (χ2v) is 5.33. The van der Waals surface area contributed by atoms with E-state index in [1.807, 2.05) is 13.8 Å². The number of carbonyl (C=O) groups is 1. The van der Waals surface area contributed by atoms with Crippen LogP contribution in [0.25, 0.3) is 0 Å². The zero-order chi connectivity index (χ0) is 15.3. The van der Waals surface area contributed by atoms with Crippen LogP contribution in [0.3, 0.4) is 0 Å². The Labute approximate surface area is 117 Å². The summed E-state index contributed by atoms with van der Waals surface area (Å²) < 4.78 is 13.1. The Morgan fingerprint density at radius 1 is 1.40 bits per heavy atom. The van der Waals surface area contributed by atoms with Crippen LogP contribution < -0.4 is 10.6 Å². The Morgan fingerprint density at radius 3 is 2.60 bits per heavy atom. The van der Waals surface area contributed by atoms with E-state index in [-0.39, 0.29) is 19.0 Å². The first-order chi connectivity index (χ1) is 9.22. The van der Waals surface area contributed by atoms with Crippen LogP contribution >= 0.6 is 0 Å². The normalized spacial score (nSPS) is 13.9. The lowest BCUT2D eigenvalue weighted by molar-refractivity contribution is 0.0166. The van der Waals surface area contributed by atoms with Gasteiger partial charge >= 0.3 is 6.03 Å². The van der Waals surface area contributed by atoms with E-state index in [4.69, 9.17) is 5.11 Å². The van der Waals surface area contributed by atoms with Gasteiger partial charge in [-0.15, -0.1) is 0 Å². The summed E-state index contributed by atoms with van der Waals surface area (Å²) in [4.78, 5) is 11.6. The maximum Gasteiger partial charge on any atom is 0.315 e. The molecule has 1 atom stereocenters. The van der Waals surface area contributed by atoms with Gasteiger partial charge in [-0.2, -0.15) is 0 Å². The van der Waals surface area contributed by atoms with E-state index in [1.165, 1.54) is 12.1 Å². The molecule has 0 saturated heterocycles. The Morgan fingerprint density at radius 2 is 2.05 bits per heavy atom. The van der Waals surface area contributed by atoms with Crippen LogP contribution in [0.5, 0.6) is 5.75 Å². The number of hydrogen-bond acceptors (Lipinski definition) is 3. The van der Waals surface area contributed by atoms with Gasteiger partial charge in [-0.1, -0.05) is 19.9 Å². The average molecular weight is 284 g/mol. The van der Waals surface area contributed by atoms with Crippen molar-refractivity contribution in [2.75, 3.05) is 6.54 Å². The molecule has 1 aromatic carbocycles. The molecular formula is C14H21FN2O3. The van der Waals surface area contributed by atoms with Crippen LogP contribution in [0, 0.1) is 11.7 Å². The third-order valence-electron chi connectivity index (χ3n) is 3.32. The molecule has 0 aliphatic heterocycles. The molecule has 4 N–H and O–H groups in total. The van der Waals surface area contributed by atoms with Crippen LogP contribution in [0.4, 0.5) is 9.18 Å². The maximum absolute atomic E-state index is 13.1. The lowest BCUT2D eigenvalue weighted by Crippen LogP contribution is -2.47. The number of phenols is 1. The number of carbonyl (C=O) groups excluding carboxylic acids is 1. The summed E-state index contributed by atoms with van der Waals surface area (Å²) in [7, 11) is 0. The molecule has 6 heteroatoms. The Bertz CT molecular complexity index is 475. The first kappa shape index (κ1) is 16.2. The van der Waals surface area contributed by atoms with Crippen molar-refractivity contribution < 1.29 is 19.4 Å². The lowest BCUT2D eigenvalue weighted by atomic mass is 9.93. The number of urea groups is 1. The van der Waals surface area contributed by atoms with Gasteiger partial charge < -0.3 is 20.8 Å². The molecule has 2 amide bonds. The summed E-state index contributed by atoms with van der Waals surface area (Å²) in [5.41, 5.74) is -0.451. The quantitative estimate of drug-likeness (QED) is 0.665. The molecule has 0 radical (unpaired) electrons. The molecule has 1 unspecified atom stereocenters. The molecule has 0 aliphatic carbocycles. The smallest absolute Gasteiger partial charge is 0.315 e. The fraction of sp³-hybridized carbons (Fsp3) is 0.500. The van der Waals surface area contributed by atoms with Crippen molar-refractivity contribution in [1.29, 1.82) is 0 Å². The van der Waals surface area contributed by atoms with Crippen LogP contribution in [-0.4, -0.2) is 28.4 Å². The van der Waals surface area contributed by atoms with E-state index in [1.54, 1.807) is 6.92 Å². The number of amides is 2. The predicted molar refractivity (Wildman–Crippen MR) is 73.8 cm³/mol. The van der Waals surface area contributed by atoms with Gasteiger partial charge in [-0.3, -0.25) is 0 Å². The minimum absolute atomic E-state index is 0.00833. The van der Waals surface area contributed by atoms with Gasteiger partial charge in [-0.25, -0.2) is 9.18 Å². The summed E-state index contributed by atoms with van der Waals surface area (Å²) in [6, 6.07) is 3.45. The summed E-state index contributed by atoms with van der Waals surface area (Å²) in [6.45, 7) is 5.62. The number of nitrogens with one attached hydrogen (secondary N) is 2. The topological polar surface area (TPSA) is 81.6 Å². The molecule has 0 aromatic heterocycles. The SMILES string of the molecule is CC(C)C(C)(O)CNC(=O)NCc1ccc(O)c(F)c1. The molecule has 5 nitrogen and oxygen atoms in total. The Kier molecular flexibility index (Phi) is 5.33. The van der Waals surface area contributed by atoms with Crippen LogP contribution in [0.15, 0.2) is 18.2 Å². The lowest BCUT2D eigenvalue weighted by Gasteiger charge is -2.27. The zero-order valence-electron chi connectivity index (χ0n) is 11.9. The fourth-order valence-corrected chi connectivity index (χ4v) is 1.37. The van der Waals surface area contributed by atoms with Crippen molar-refractivity contribution in [2.24, 2.45) is 5.92 Å². The molecule has 20 heavy (non-hydrogen) atoms. The number of phenolic OH excluding ortho intramolecular Hbond substituents is 1. The first-order valence-electron chi connectivity index (χ1n) is 6.44. The minimum atomic E-state index is -0.984. The average Bonchev–Trinajstić information content (AvgIpc) is 2.37. The van der Waals surface area contributed by atoms with Crippen LogP contribution in [0.1, 0.15) is 26.3 Å². The number of aliphatic hydroxyl groups is 1. The fourth-order valence-electron chi connectivity index (χ4n) is 1.37. The highest BCUT2D eigenvalue weighted by Gasteiger charge is 2.25. The molecule has 0 heterocycles. The van der Waals surface area contributed by atoms with Crippen LogP contribution in [-0.2, 0) is 6.54 Å². The third-order valence-corrected chi connectivity index (χ3v) is 3.32. The van der Waals surface area contributed by atoms with E-state index in [2.05, 4.69) is 10.6 Å². The van der Waals surface area contributed by atoms with E-state index in [9.17, 15) is 14.3 Å². The van der Waals surface area contributed by atoms with Gasteiger partial charge in [0, 0.05) is 13.1 Å². The second kappa shape index (κ2) is 6.56. The number of rotatable bonds is 5. The number of benzene rings is 1. The molecule has 0 bridgehead atoms. The van der Waals surface area contributed by atoms with Gasteiger partial charge in [0.2, 0.25) is 0 Å². The van der Waals surface area contributed by atoms with Crippen molar-refractivity contribution >= 4 is 6.03 Å². The molecule has 112 valence electrons.